The molecule has 1 aliphatic carbocycles. The number of carbonyl (C=O) groups is 2. The Bertz CT molecular complexity index is 1010. The lowest BCUT2D eigenvalue weighted by atomic mass is 9.95. The van der Waals surface area contributed by atoms with Gasteiger partial charge in [-0.05, 0) is 68.5 Å². The molecule has 2 aromatic carbocycles. The fraction of sp³-hybridized carbons (Fsp3) is 0.481. The van der Waals surface area contributed by atoms with E-state index in [-0.39, 0.29) is 31.0 Å². The highest BCUT2D eigenvalue weighted by molar-refractivity contribution is 9.10. The molecule has 0 heterocycles. The normalized spacial score (nSPS) is 14.9. The van der Waals surface area contributed by atoms with Gasteiger partial charge in [-0.15, -0.1) is 0 Å². The number of halogens is 3. The van der Waals surface area contributed by atoms with Crippen LogP contribution in [0.3, 0.4) is 0 Å². The summed E-state index contributed by atoms with van der Waals surface area (Å²) >= 11 is 16.4. The van der Waals surface area contributed by atoms with Gasteiger partial charge in [0.05, 0.1) is 0 Å². The number of ether oxygens (including phenoxy) is 1. The first-order valence-corrected chi connectivity index (χ1v) is 13.7. The Morgan fingerprint density at radius 2 is 1.71 bits per heavy atom. The van der Waals surface area contributed by atoms with Gasteiger partial charge in [-0.1, -0.05) is 71.4 Å². The van der Waals surface area contributed by atoms with Gasteiger partial charge >= 0.3 is 0 Å². The lowest BCUT2D eigenvalue weighted by Gasteiger charge is -2.33. The molecule has 2 amide bonds. The van der Waals surface area contributed by atoms with Crippen molar-refractivity contribution in [1.82, 2.24) is 10.2 Å². The standard InChI is InChI=1S/C27H33BrCl2N2O3/c1-4-24(27(34)31-19-9-6-5-7-10-19)32(15-21-22(29)11-8-12-23(21)30)25(33)16-35-20-13-17(2)26(28)18(3)14-20/h8,11-14,19,24H,4-7,9-10,15-16H2,1-3H3,(H,31,34)/t24-/m0/s1. The molecule has 3 rings (SSSR count). The largest absolute Gasteiger partial charge is 0.484 e. The molecule has 0 saturated heterocycles. The Labute approximate surface area is 226 Å². The summed E-state index contributed by atoms with van der Waals surface area (Å²) in [7, 11) is 0. The molecule has 1 aliphatic rings. The van der Waals surface area contributed by atoms with Crippen LogP contribution in [0.5, 0.6) is 5.75 Å². The number of benzene rings is 2. The predicted molar refractivity (Wildman–Crippen MR) is 145 cm³/mol. The van der Waals surface area contributed by atoms with Crippen molar-refractivity contribution in [2.75, 3.05) is 6.61 Å². The van der Waals surface area contributed by atoms with Crippen molar-refractivity contribution in [2.24, 2.45) is 0 Å². The van der Waals surface area contributed by atoms with Gasteiger partial charge in [0.25, 0.3) is 5.91 Å². The topological polar surface area (TPSA) is 58.6 Å². The molecule has 0 aliphatic heterocycles. The van der Waals surface area contributed by atoms with E-state index in [1.165, 1.54) is 6.42 Å². The van der Waals surface area contributed by atoms with Crippen molar-refractivity contribution in [1.29, 1.82) is 0 Å². The van der Waals surface area contributed by atoms with Crippen LogP contribution in [0.1, 0.15) is 62.1 Å². The van der Waals surface area contributed by atoms with Crippen LogP contribution in [-0.4, -0.2) is 35.4 Å². The number of hydrogen-bond donors (Lipinski definition) is 1. The molecule has 5 nitrogen and oxygen atoms in total. The molecule has 1 N–H and O–H groups in total. The van der Waals surface area contributed by atoms with Crippen molar-refractivity contribution in [3.63, 3.8) is 0 Å². The number of carbonyl (C=O) groups excluding carboxylic acids is 2. The minimum atomic E-state index is -0.659. The summed E-state index contributed by atoms with van der Waals surface area (Å²) in [6.45, 7) is 5.77. The summed E-state index contributed by atoms with van der Waals surface area (Å²) in [5.41, 5.74) is 2.65. The molecule has 8 heteroatoms. The summed E-state index contributed by atoms with van der Waals surface area (Å²) in [4.78, 5) is 28.4. The molecular weight excluding hydrogens is 551 g/mol. The zero-order valence-electron chi connectivity index (χ0n) is 20.5. The van der Waals surface area contributed by atoms with Crippen molar-refractivity contribution in [3.05, 3.63) is 61.5 Å². The maximum Gasteiger partial charge on any atom is 0.261 e. The van der Waals surface area contributed by atoms with Crippen molar-refractivity contribution in [2.45, 2.75) is 77.9 Å². The van der Waals surface area contributed by atoms with Gasteiger partial charge in [-0.25, -0.2) is 0 Å². The average molecular weight is 584 g/mol. The van der Waals surface area contributed by atoms with E-state index in [1.54, 1.807) is 23.1 Å². The molecule has 0 spiro atoms. The Hall–Kier alpha value is -1.76. The minimum absolute atomic E-state index is 0.121. The van der Waals surface area contributed by atoms with Crippen molar-refractivity contribution >= 4 is 50.9 Å². The second kappa shape index (κ2) is 13.0. The Morgan fingerprint density at radius 1 is 1.11 bits per heavy atom. The molecule has 0 bridgehead atoms. The monoisotopic (exact) mass is 582 g/mol. The second-order valence-corrected chi connectivity index (χ2v) is 10.8. The average Bonchev–Trinajstić information content (AvgIpc) is 2.83. The van der Waals surface area contributed by atoms with Gasteiger partial charge in [0.1, 0.15) is 11.8 Å². The predicted octanol–water partition coefficient (Wildman–Crippen LogP) is 7.01. The highest BCUT2D eigenvalue weighted by atomic mass is 79.9. The first kappa shape index (κ1) is 27.8. The number of amides is 2. The highest BCUT2D eigenvalue weighted by Gasteiger charge is 2.31. The molecule has 2 aromatic rings. The summed E-state index contributed by atoms with van der Waals surface area (Å²) in [6, 6.07) is 8.48. The van der Waals surface area contributed by atoms with Gasteiger partial charge < -0.3 is 15.0 Å². The number of nitrogens with zero attached hydrogens (tertiary/aromatic N) is 1. The van der Waals surface area contributed by atoms with E-state index in [4.69, 9.17) is 27.9 Å². The zero-order chi connectivity index (χ0) is 25.5. The van der Waals surface area contributed by atoms with E-state index in [0.29, 0.717) is 27.8 Å². The lowest BCUT2D eigenvalue weighted by Crippen LogP contribution is -2.52. The minimum Gasteiger partial charge on any atom is -0.484 e. The number of rotatable bonds is 9. The lowest BCUT2D eigenvalue weighted by molar-refractivity contribution is -0.143. The zero-order valence-corrected chi connectivity index (χ0v) is 23.6. The van der Waals surface area contributed by atoms with Gasteiger partial charge in [0.15, 0.2) is 6.61 Å². The summed E-state index contributed by atoms with van der Waals surface area (Å²) in [6.07, 6.45) is 5.82. The van der Waals surface area contributed by atoms with Crippen LogP contribution in [0.4, 0.5) is 0 Å². The molecule has 1 atom stereocenters. The molecule has 1 saturated carbocycles. The summed E-state index contributed by atoms with van der Waals surface area (Å²) in [5, 5.41) is 4.08. The highest BCUT2D eigenvalue weighted by Crippen LogP contribution is 2.29. The van der Waals surface area contributed by atoms with Crippen LogP contribution >= 0.6 is 39.1 Å². The smallest absolute Gasteiger partial charge is 0.261 e. The first-order chi connectivity index (χ1) is 16.7. The van der Waals surface area contributed by atoms with E-state index in [9.17, 15) is 9.59 Å². The van der Waals surface area contributed by atoms with Crippen LogP contribution in [0.15, 0.2) is 34.8 Å². The molecule has 0 unspecified atom stereocenters. The van der Waals surface area contributed by atoms with Gasteiger partial charge in [0, 0.05) is 32.7 Å². The van der Waals surface area contributed by atoms with E-state index in [0.717, 1.165) is 41.3 Å². The van der Waals surface area contributed by atoms with E-state index < -0.39 is 6.04 Å². The third-order valence-corrected chi connectivity index (χ3v) is 8.46. The third kappa shape index (κ3) is 7.37. The van der Waals surface area contributed by atoms with E-state index in [1.807, 2.05) is 32.9 Å². The molecule has 35 heavy (non-hydrogen) atoms. The van der Waals surface area contributed by atoms with Crippen LogP contribution < -0.4 is 10.1 Å². The fourth-order valence-corrected chi connectivity index (χ4v) is 5.28. The Morgan fingerprint density at radius 3 is 2.29 bits per heavy atom. The molecular formula is C27H33BrCl2N2O3. The Balaban J connectivity index is 1.83. The van der Waals surface area contributed by atoms with Crippen LogP contribution in [-0.2, 0) is 16.1 Å². The van der Waals surface area contributed by atoms with Crippen molar-refractivity contribution in [3.8, 4) is 5.75 Å². The maximum atomic E-state index is 13.5. The van der Waals surface area contributed by atoms with Crippen molar-refractivity contribution < 1.29 is 14.3 Å². The fourth-order valence-electron chi connectivity index (χ4n) is 4.54. The number of nitrogens with one attached hydrogen (secondary N) is 1. The first-order valence-electron chi connectivity index (χ1n) is 12.1. The molecule has 190 valence electrons. The third-order valence-electron chi connectivity index (χ3n) is 6.50. The van der Waals surface area contributed by atoms with Gasteiger partial charge in [-0.3, -0.25) is 9.59 Å². The molecule has 1 fully saturated rings. The quantitative estimate of drug-likeness (QED) is 0.345. The summed E-state index contributed by atoms with van der Waals surface area (Å²) < 4.78 is 6.89. The van der Waals surface area contributed by atoms with E-state index >= 15 is 0 Å². The SMILES string of the molecule is CC[C@@H](C(=O)NC1CCCCC1)N(Cc1c(Cl)cccc1Cl)C(=O)COc1cc(C)c(Br)c(C)c1. The Kier molecular flexibility index (Phi) is 10.3. The maximum absolute atomic E-state index is 13.5. The van der Waals surface area contributed by atoms with Crippen LogP contribution in [0.2, 0.25) is 10.0 Å². The van der Waals surface area contributed by atoms with E-state index in [2.05, 4.69) is 21.2 Å². The number of hydrogen-bond acceptors (Lipinski definition) is 3. The van der Waals surface area contributed by atoms with Gasteiger partial charge in [0.2, 0.25) is 5.91 Å². The molecule has 0 radical (unpaired) electrons. The van der Waals surface area contributed by atoms with Gasteiger partial charge in [-0.2, -0.15) is 0 Å². The van der Waals surface area contributed by atoms with Crippen LogP contribution in [0, 0.1) is 13.8 Å². The number of aryl methyl sites for hydroxylation is 2. The van der Waals surface area contributed by atoms with Crippen LogP contribution in [0.25, 0.3) is 0 Å². The summed E-state index contributed by atoms with van der Waals surface area (Å²) in [5.74, 6) is 0.156. The second-order valence-electron chi connectivity index (χ2n) is 9.15. The molecule has 0 aromatic heterocycles.